The van der Waals surface area contributed by atoms with Gasteiger partial charge in [0.2, 0.25) is 5.91 Å². The van der Waals surface area contributed by atoms with Gasteiger partial charge in [0.1, 0.15) is 34.7 Å². The van der Waals surface area contributed by atoms with Crippen LogP contribution in [0, 0.1) is 0 Å². The molecule has 3 N–H and O–H groups in total. The van der Waals surface area contributed by atoms with Crippen molar-refractivity contribution in [1.29, 1.82) is 0 Å². The Morgan fingerprint density at radius 2 is 2.03 bits per heavy atom. The lowest BCUT2D eigenvalue weighted by molar-refractivity contribution is -0.135. The van der Waals surface area contributed by atoms with Crippen molar-refractivity contribution in [3.63, 3.8) is 0 Å². The van der Waals surface area contributed by atoms with E-state index in [1.165, 1.54) is 6.08 Å². The molecule has 0 saturated carbocycles. The Balaban J connectivity index is 1.48. The molecular formula is C27H27N7O4. The minimum Gasteiger partial charge on any atom is -0.382 e. The Bertz CT molecular complexity index is 1470. The molecule has 2 amide bonds. The maximum absolute atomic E-state index is 13.0. The van der Waals surface area contributed by atoms with Crippen LogP contribution in [0.4, 0.5) is 11.6 Å². The van der Waals surface area contributed by atoms with Crippen LogP contribution >= 0.6 is 0 Å². The normalized spacial score (nSPS) is 15.7. The fourth-order valence-corrected chi connectivity index (χ4v) is 4.35. The minimum absolute atomic E-state index is 0.154. The Morgan fingerprint density at radius 1 is 1.18 bits per heavy atom. The van der Waals surface area contributed by atoms with Gasteiger partial charge in [0.15, 0.2) is 0 Å². The third-order valence-corrected chi connectivity index (χ3v) is 6.17. The standard InChI is InChI=1S/C27H27N7O4/c1-37-15-4-6-22(35)33-14-16-38-17-20(33)26-32-23(24-25(28)30-12-13-34(24)26)18-7-9-19(10-8-18)27(36)31-21-5-2-3-11-29-21/h2-13,20H,14-17H2,1H3,(H2,28,30)(H,29,31,36)/b6-4+/t20-/m1/s1. The molecule has 4 heterocycles. The predicted molar refractivity (Wildman–Crippen MR) is 141 cm³/mol. The quantitative estimate of drug-likeness (QED) is 0.360. The van der Waals surface area contributed by atoms with Crippen LogP contribution in [-0.2, 0) is 14.3 Å². The van der Waals surface area contributed by atoms with E-state index in [0.717, 1.165) is 5.56 Å². The Hall–Kier alpha value is -4.61. The van der Waals surface area contributed by atoms with E-state index in [9.17, 15) is 9.59 Å². The fourth-order valence-electron chi connectivity index (χ4n) is 4.35. The fraction of sp³-hybridized carbons (Fsp3) is 0.222. The van der Waals surface area contributed by atoms with E-state index >= 15 is 0 Å². The molecule has 1 aromatic carbocycles. The summed E-state index contributed by atoms with van der Waals surface area (Å²) in [5, 5.41) is 2.77. The number of anilines is 2. The van der Waals surface area contributed by atoms with Gasteiger partial charge in [0.25, 0.3) is 5.91 Å². The molecule has 11 heteroatoms. The van der Waals surface area contributed by atoms with Gasteiger partial charge in [-0.15, -0.1) is 0 Å². The first-order valence-electron chi connectivity index (χ1n) is 12.1. The molecule has 194 valence electrons. The number of amides is 2. The van der Waals surface area contributed by atoms with Gasteiger partial charge in [0.05, 0.1) is 19.8 Å². The number of aromatic nitrogens is 4. The minimum atomic E-state index is -0.435. The highest BCUT2D eigenvalue weighted by atomic mass is 16.5. The number of fused-ring (bicyclic) bond motifs is 1. The molecule has 0 aliphatic carbocycles. The zero-order chi connectivity index (χ0) is 26.5. The van der Waals surface area contributed by atoms with Gasteiger partial charge in [-0.05, 0) is 24.3 Å². The maximum Gasteiger partial charge on any atom is 0.256 e. The average molecular weight is 514 g/mol. The zero-order valence-electron chi connectivity index (χ0n) is 20.8. The average Bonchev–Trinajstić information content (AvgIpc) is 3.34. The van der Waals surface area contributed by atoms with Crippen LogP contribution in [0.25, 0.3) is 16.8 Å². The second-order valence-corrected chi connectivity index (χ2v) is 8.58. The molecule has 38 heavy (non-hydrogen) atoms. The summed E-state index contributed by atoms with van der Waals surface area (Å²) in [6.07, 6.45) is 8.15. The molecular weight excluding hydrogens is 486 g/mol. The number of hydrogen-bond donors (Lipinski definition) is 2. The number of nitrogens with zero attached hydrogens (tertiary/aromatic N) is 5. The number of carbonyl (C=O) groups excluding carboxylic acids is 2. The molecule has 0 unspecified atom stereocenters. The summed E-state index contributed by atoms with van der Waals surface area (Å²) in [4.78, 5) is 40.7. The maximum atomic E-state index is 13.0. The predicted octanol–water partition coefficient (Wildman–Crippen LogP) is 2.73. The van der Waals surface area contributed by atoms with E-state index in [-0.39, 0.29) is 18.4 Å². The van der Waals surface area contributed by atoms with Gasteiger partial charge in [0, 0.05) is 49.4 Å². The zero-order valence-corrected chi connectivity index (χ0v) is 20.8. The largest absolute Gasteiger partial charge is 0.382 e. The SMILES string of the molecule is COC/C=C/C(=O)N1CCOC[C@@H]1c1nc(-c2ccc(C(=O)Nc3ccccn3)cc2)c2c(N)nccn12. The highest BCUT2D eigenvalue weighted by Crippen LogP contribution is 2.33. The number of rotatable bonds is 7. The molecule has 0 radical (unpaired) electrons. The lowest BCUT2D eigenvalue weighted by Crippen LogP contribution is -2.43. The van der Waals surface area contributed by atoms with Crippen LogP contribution in [0.3, 0.4) is 0 Å². The summed E-state index contributed by atoms with van der Waals surface area (Å²) in [6.45, 7) is 1.49. The van der Waals surface area contributed by atoms with Crippen molar-refractivity contribution >= 4 is 29.0 Å². The summed E-state index contributed by atoms with van der Waals surface area (Å²) in [7, 11) is 1.57. The lowest BCUT2D eigenvalue weighted by Gasteiger charge is -2.34. The number of pyridine rings is 1. The number of nitrogen functional groups attached to an aromatic ring is 1. The molecule has 1 atom stereocenters. The van der Waals surface area contributed by atoms with Crippen LogP contribution in [0.2, 0.25) is 0 Å². The number of nitrogens with one attached hydrogen (secondary N) is 1. The number of benzene rings is 1. The van der Waals surface area contributed by atoms with Crippen LogP contribution < -0.4 is 11.1 Å². The van der Waals surface area contributed by atoms with E-state index in [4.69, 9.17) is 20.2 Å². The van der Waals surface area contributed by atoms with Crippen LogP contribution in [0.1, 0.15) is 22.2 Å². The summed E-state index contributed by atoms with van der Waals surface area (Å²) in [5.41, 5.74) is 8.72. The molecule has 1 aliphatic rings. The third kappa shape index (κ3) is 5.10. The van der Waals surface area contributed by atoms with Gasteiger partial charge in [-0.25, -0.2) is 15.0 Å². The van der Waals surface area contributed by atoms with Crippen molar-refractivity contribution in [1.82, 2.24) is 24.3 Å². The van der Waals surface area contributed by atoms with Crippen LogP contribution in [0.5, 0.6) is 0 Å². The second-order valence-electron chi connectivity index (χ2n) is 8.58. The van der Waals surface area contributed by atoms with Gasteiger partial charge in [-0.2, -0.15) is 0 Å². The van der Waals surface area contributed by atoms with Crippen molar-refractivity contribution in [2.75, 3.05) is 44.5 Å². The molecule has 0 spiro atoms. The Labute approximate surface area is 218 Å². The highest BCUT2D eigenvalue weighted by Gasteiger charge is 2.32. The highest BCUT2D eigenvalue weighted by molar-refractivity contribution is 6.04. The van der Waals surface area contributed by atoms with E-state index in [1.807, 2.05) is 4.40 Å². The van der Waals surface area contributed by atoms with Crippen LogP contribution in [-0.4, -0.2) is 69.5 Å². The number of carbonyl (C=O) groups is 2. The number of nitrogens with two attached hydrogens (primary N) is 1. The summed E-state index contributed by atoms with van der Waals surface area (Å²) >= 11 is 0. The van der Waals surface area contributed by atoms with Gasteiger partial charge >= 0.3 is 0 Å². The number of morpholine rings is 1. The van der Waals surface area contributed by atoms with E-state index in [1.54, 1.807) is 79.1 Å². The summed E-state index contributed by atoms with van der Waals surface area (Å²) in [5.74, 6) is 0.943. The molecule has 11 nitrogen and oxygen atoms in total. The summed E-state index contributed by atoms with van der Waals surface area (Å²) in [6, 6.07) is 11.9. The van der Waals surface area contributed by atoms with Crippen molar-refractivity contribution in [3.05, 3.63) is 84.6 Å². The summed E-state index contributed by atoms with van der Waals surface area (Å²) < 4.78 is 12.6. The Morgan fingerprint density at radius 3 is 2.79 bits per heavy atom. The van der Waals surface area contributed by atoms with E-state index < -0.39 is 6.04 Å². The number of hydrogen-bond acceptors (Lipinski definition) is 8. The molecule has 4 aromatic rings. The topological polar surface area (TPSA) is 137 Å². The van der Waals surface area contributed by atoms with E-state index in [2.05, 4.69) is 15.3 Å². The molecule has 1 saturated heterocycles. The van der Waals surface area contributed by atoms with Crippen molar-refractivity contribution in [3.8, 4) is 11.3 Å². The first kappa shape index (κ1) is 25.1. The first-order chi connectivity index (χ1) is 18.6. The first-order valence-corrected chi connectivity index (χ1v) is 12.1. The number of imidazole rings is 1. The Kier molecular flexibility index (Phi) is 7.38. The van der Waals surface area contributed by atoms with Gasteiger partial charge in [-0.1, -0.05) is 24.3 Å². The van der Waals surface area contributed by atoms with Crippen molar-refractivity contribution in [2.45, 2.75) is 6.04 Å². The van der Waals surface area contributed by atoms with Crippen molar-refractivity contribution < 1.29 is 19.1 Å². The second kappa shape index (κ2) is 11.2. The molecule has 3 aromatic heterocycles. The molecule has 5 rings (SSSR count). The molecule has 1 fully saturated rings. The van der Waals surface area contributed by atoms with Gasteiger partial charge in [-0.3, -0.25) is 14.0 Å². The smallest absolute Gasteiger partial charge is 0.256 e. The van der Waals surface area contributed by atoms with Crippen LogP contribution in [0.15, 0.2) is 73.2 Å². The monoisotopic (exact) mass is 513 g/mol. The molecule has 0 bridgehead atoms. The number of ether oxygens (including phenoxy) is 2. The van der Waals surface area contributed by atoms with E-state index in [0.29, 0.717) is 54.0 Å². The number of methoxy groups -OCH3 is 1. The lowest BCUT2D eigenvalue weighted by atomic mass is 10.1. The third-order valence-electron chi connectivity index (χ3n) is 6.17. The molecule has 1 aliphatic heterocycles. The van der Waals surface area contributed by atoms with Gasteiger partial charge < -0.3 is 25.4 Å². The van der Waals surface area contributed by atoms with Crippen molar-refractivity contribution in [2.24, 2.45) is 0 Å².